The first-order valence-corrected chi connectivity index (χ1v) is 6.88. The summed E-state index contributed by atoms with van der Waals surface area (Å²) < 4.78 is 25.1. The summed E-state index contributed by atoms with van der Waals surface area (Å²) in [6.07, 6.45) is -0.341. The van der Waals surface area contributed by atoms with Crippen LogP contribution in [0.2, 0.25) is 0 Å². The molecule has 1 aromatic carbocycles. The van der Waals surface area contributed by atoms with Crippen LogP contribution in [-0.2, 0) is 0 Å². The van der Waals surface area contributed by atoms with Gasteiger partial charge in [-0.3, -0.25) is 0 Å². The Balaban J connectivity index is 1.69. The van der Waals surface area contributed by atoms with Crippen LogP contribution in [-0.4, -0.2) is 22.0 Å². The zero-order chi connectivity index (χ0) is 15.0. The molecule has 2 amide bonds. The number of carbonyl (C=O) groups is 1. The molecule has 1 aliphatic rings. The molecule has 0 bridgehead atoms. The number of aromatic nitrogens is 2. The van der Waals surface area contributed by atoms with E-state index < -0.39 is 6.43 Å². The highest BCUT2D eigenvalue weighted by molar-refractivity contribution is 5.92. The molecule has 3 rings (SSSR count). The Morgan fingerprint density at radius 2 is 2.19 bits per heavy atom. The molecule has 0 aliphatic heterocycles. The fourth-order valence-electron chi connectivity index (χ4n) is 2.30. The number of anilines is 1. The number of urea groups is 1. The second kappa shape index (κ2) is 5.31. The van der Waals surface area contributed by atoms with Crippen LogP contribution in [0.3, 0.4) is 0 Å². The van der Waals surface area contributed by atoms with Gasteiger partial charge in [0.2, 0.25) is 0 Å². The Bertz CT molecular complexity index is 666. The molecule has 7 heteroatoms. The van der Waals surface area contributed by atoms with Gasteiger partial charge in [-0.1, -0.05) is 0 Å². The highest BCUT2D eigenvalue weighted by atomic mass is 19.3. The summed E-state index contributed by atoms with van der Waals surface area (Å²) in [7, 11) is 0. The van der Waals surface area contributed by atoms with Crippen molar-refractivity contribution >= 4 is 22.8 Å². The highest BCUT2D eigenvalue weighted by Crippen LogP contribution is 2.32. The predicted octanol–water partition coefficient (Wildman–Crippen LogP) is 3.42. The molecule has 1 atom stereocenters. The summed E-state index contributed by atoms with van der Waals surface area (Å²) in [4.78, 5) is 18.2. The van der Waals surface area contributed by atoms with Crippen LogP contribution in [0.1, 0.15) is 32.0 Å². The normalized spacial score (nSPS) is 16.2. The van der Waals surface area contributed by atoms with Crippen molar-refractivity contribution in [2.24, 2.45) is 5.92 Å². The van der Waals surface area contributed by atoms with Gasteiger partial charge in [-0.25, -0.2) is 18.6 Å². The van der Waals surface area contributed by atoms with Crippen molar-refractivity contribution in [3.8, 4) is 0 Å². The molecule has 0 radical (unpaired) electrons. The standard InChI is InChI=1S/C14H16F2N4O/c1-7(8-2-3-8)17-14(21)18-9-4-5-10-11(6-9)20-13(19-10)12(15)16/h4-8,12H,2-3H2,1H3,(H,19,20)(H2,17,18,21). The maximum absolute atomic E-state index is 12.6. The molecule has 0 spiro atoms. The molecule has 1 fully saturated rings. The number of benzene rings is 1. The van der Waals surface area contributed by atoms with Crippen LogP contribution in [0.4, 0.5) is 19.3 Å². The van der Waals surface area contributed by atoms with Gasteiger partial charge in [0.25, 0.3) is 6.43 Å². The summed E-state index contributed by atoms with van der Waals surface area (Å²) in [5.74, 6) is 0.202. The molecule has 21 heavy (non-hydrogen) atoms. The number of hydrogen-bond acceptors (Lipinski definition) is 2. The van der Waals surface area contributed by atoms with E-state index in [-0.39, 0.29) is 17.9 Å². The van der Waals surface area contributed by atoms with E-state index >= 15 is 0 Å². The van der Waals surface area contributed by atoms with Crippen LogP contribution < -0.4 is 10.6 Å². The summed E-state index contributed by atoms with van der Waals surface area (Å²) in [6, 6.07) is 4.68. The number of amides is 2. The number of hydrogen-bond donors (Lipinski definition) is 3. The molecule has 1 aromatic heterocycles. The SMILES string of the molecule is CC(NC(=O)Nc1ccc2nc(C(F)F)[nH]c2c1)C1CC1. The lowest BCUT2D eigenvalue weighted by Gasteiger charge is -2.13. The first-order chi connectivity index (χ1) is 10.0. The van der Waals surface area contributed by atoms with E-state index in [9.17, 15) is 13.6 Å². The first kappa shape index (κ1) is 13.8. The van der Waals surface area contributed by atoms with Gasteiger partial charge in [0.05, 0.1) is 11.0 Å². The fourth-order valence-corrected chi connectivity index (χ4v) is 2.30. The zero-order valence-electron chi connectivity index (χ0n) is 11.5. The maximum atomic E-state index is 12.6. The van der Waals surface area contributed by atoms with Gasteiger partial charge in [-0.15, -0.1) is 0 Å². The number of rotatable bonds is 4. The summed E-state index contributed by atoms with van der Waals surface area (Å²) in [5, 5.41) is 5.57. The minimum atomic E-state index is -2.64. The molecule has 1 unspecified atom stereocenters. The van der Waals surface area contributed by atoms with Gasteiger partial charge >= 0.3 is 6.03 Å². The summed E-state index contributed by atoms with van der Waals surface area (Å²) in [6.45, 7) is 1.98. The molecule has 1 saturated carbocycles. The Hall–Kier alpha value is -2.18. The molecule has 1 aliphatic carbocycles. The highest BCUT2D eigenvalue weighted by Gasteiger charge is 2.28. The van der Waals surface area contributed by atoms with Crippen LogP contribution in [0.5, 0.6) is 0 Å². The number of aromatic amines is 1. The molecule has 5 nitrogen and oxygen atoms in total. The number of carbonyl (C=O) groups excluding carboxylic acids is 1. The lowest BCUT2D eigenvalue weighted by atomic mass is 10.2. The number of nitrogens with zero attached hydrogens (tertiary/aromatic N) is 1. The minimum Gasteiger partial charge on any atom is -0.337 e. The van der Waals surface area contributed by atoms with Gasteiger partial charge in [0, 0.05) is 11.7 Å². The quantitative estimate of drug-likeness (QED) is 0.808. The van der Waals surface area contributed by atoms with Gasteiger partial charge in [0.15, 0.2) is 5.82 Å². The second-order valence-corrected chi connectivity index (χ2v) is 5.38. The Morgan fingerprint density at radius 3 is 2.86 bits per heavy atom. The minimum absolute atomic E-state index is 0.145. The van der Waals surface area contributed by atoms with E-state index in [0.717, 1.165) is 12.8 Å². The van der Waals surface area contributed by atoms with E-state index in [1.54, 1.807) is 18.2 Å². The number of halogens is 2. The summed E-state index contributed by atoms with van der Waals surface area (Å²) in [5.41, 5.74) is 1.45. The third kappa shape index (κ3) is 3.12. The van der Waals surface area contributed by atoms with Crippen molar-refractivity contribution in [2.75, 3.05) is 5.32 Å². The van der Waals surface area contributed by atoms with Crippen LogP contribution in [0, 0.1) is 5.92 Å². The van der Waals surface area contributed by atoms with Crippen molar-refractivity contribution in [3.63, 3.8) is 0 Å². The third-order valence-corrected chi connectivity index (χ3v) is 3.65. The van der Waals surface area contributed by atoms with Crippen molar-refractivity contribution < 1.29 is 13.6 Å². The number of imidazole rings is 1. The first-order valence-electron chi connectivity index (χ1n) is 6.88. The largest absolute Gasteiger partial charge is 0.337 e. The second-order valence-electron chi connectivity index (χ2n) is 5.38. The molecular formula is C14H16F2N4O. The van der Waals surface area contributed by atoms with Gasteiger partial charge in [-0.05, 0) is 43.9 Å². The number of alkyl halides is 2. The van der Waals surface area contributed by atoms with Crippen LogP contribution >= 0.6 is 0 Å². The van der Waals surface area contributed by atoms with Crippen LogP contribution in [0.15, 0.2) is 18.2 Å². The van der Waals surface area contributed by atoms with E-state index in [2.05, 4.69) is 20.6 Å². The van der Waals surface area contributed by atoms with Crippen molar-refractivity contribution in [3.05, 3.63) is 24.0 Å². The Labute approximate surface area is 120 Å². The Kier molecular flexibility index (Phi) is 3.48. The molecular weight excluding hydrogens is 278 g/mol. The molecule has 0 saturated heterocycles. The Morgan fingerprint density at radius 1 is 1.43 bits per heavy atom. The smallest absolute Gasteiger partial charge is 0.319 e. The van der Waals surface area contributed by atoms with Gasteiger partial charge < -0.3 is 15.6 Å². The van der Waals surface area contributed by atoms with Crippen molar-refractivity contribution in [2.45, 2.75) is 32.2 Å². The monoisotopic (exact) mass is 294 g/mol. The van der Waals surface area contributed by atoms with Gasteiger partial charge in [-0.2, -0.15) is 0 Å². The average Bonchev–Trinajstić information content (AvgIpc) is 3.18. The van der Waals surface area contributed by atoms with Gasteiger partial charge in [0.1, 0.15) is 0 Å². The number of H-pyrrole nitrogens is 1. The number of fused-ring (bicyclic) bond motifs is 1. The third-order valence-electron chi connectivity index (χ3n) is 3.65. The van der Waals surface area contributed by atoms with E-state index in [1.807, 2.05) is 6.92 Å². The molecule has 1 heterocycles. The lowest BCUT2D eigenvalue weighted by molar-refractivity contribution is 0.142. The van der Waals surface area contributed by atoms with E-state index in [0.29, 0.717) is 22.6 Å². The molecule has 2 aromatic rings. The average molecular weight is 294 g/mol. The van der Waals surface area contributed by atoms with Crippen molar-refractivity contribution in [1.29, 1.82) is 0 Å². The zero-order valence-corrected chi connectivity index (χ0v) is 11.5. The molecule has 3 N–H and O–H groups in total. The van der Waals surface area contributed by atoms with E-state index in [4.69, 9.17) is 0 Å². The molecule has 112 valence electrons. The maximum Gasteiger partial charge on any atom is 0.319 e. The lowest BCUT2D eigenvalue weighted by Crippen LogP contribution is -2.37. The van der Waals surface area contributed by atoms with Crippen molar-refractivity contribution in [1.82, 2.24) is 15.3 Å². The van der Waals surface area contributed by atoms with Crippen LogP contribution in [0.25, 0.3) is 11.0 Å². The summed E-state index contributed by atoms with van der Waals surface area (Å²) >= 11 is 0. The predicted molar refractivity (Wildman–Crippen MR) is 75.4 cm³/mol. The fraction of sp³-hybridized carbons (Fsp3) is 0.429. The number of nitrogens with one attached hydrogen (secondary N) is 3. The van der Waals surface area contributed by atoms with E-state index in [1.165, 1.54) is 0 Å². The topological polar surface area (TPSA) is 69.8 Å².